The molecule has 0 heterocycles. The molecule has 0 spiro atoms. The second-order valence-corrected chi connectivity index (χ2v) is 5.96. The number of nitrogens with one attached hydrogen (secondary N) is 1. The molecule has 1 unspecified atom stereocenters. The Morgan fingerprint density at radius 1 is 1.37 bits per heavy atom. The molecule has 1 aliphatic rings. The molecular weight excluding hydrogens is 261 g/mol. The molecule has 1 nitrogen and oxygen atoms in total. The lowest BCUT2D eigenvalue weighted by Crippen LogP contribution is -2.29. The van der Waals surface area contributed by atoms with E-state index in [9.17, 15) is 4.39 Å². The van der Waals surface area contributed by atoms with Gasteiger partial charge in [-0.2, -0.15) is 0 Å². The summed E-state index contributed by atoms with van der Waals surface area (Å²) < 4.78 is 13.4. The highest BCUT2D eigenvalue weighted by Crippen LogP contribution is 2.34. The lowest BCUT2D eigenvalue weighted by molar-refractivity contribution is 0.323. The van der Waals surface area contributed by atoms with E-state index < -0.39 is 0 Å². The maximum Gasteiger partial charge on any atom is 0.123 e. The van der Waals surface area contributed by atoms with Crippen molar-refractivity contribution in [2.75, 3.05) is 13.1 Å². The van der Waals surface area contributed by atoms with E-state index in [1.165, 1.54) is 31.7 Å². The van der Waals surface area contributed by atoms with Crippen LogP contribution in [0.15, 0.2) is 18.2 Å². The van der Waals surface area contributed by atoms with E-state index in [-0.39, 0.29) is 5.82 Å². The van der Waals surface area contributed by atoms with Crippen LogP contribution in [-0.4, -0.2) is 13.1 Å². The molecule has 0 aromatic heterocycles. The van der Waals surface area contributed by atoms with Gasteiger partial charge in [0.2, 0.25) is 0 Å². The summed E-state index contributed by atoms with van der Waals surface area (Å²) in [6.45, 7) is 4.12. The Hall–Kier alpha value is -0.600. The summed E-state index contributed by atoms with van der Waals surface area (Å²) in [5.74, 6) is 1.15. The summed E-state index contributed by atoms with van der Waals surface area (Å²) >= 11 is 6.19. The predicted octanol–water partition coefficient (Wildman–Crippen LogP) is 4.44. The van der Waals surface area contributed by atoms with Crippen molar-refractivity contribution in [2.24, 2.45) is 11.8 Å². The summed E-state index contributed by atoms with van der Waals surface area (Å²) in [5, 5.41) is 4.14. The molecule has 1 aromatic rings. The maximum atomic E-state index is 13.4. The highest BCUT2D eigenvalue weighted by atomic mass is 35.5. The Labute approximate surface area is 120 Å². The van der Waals surface area contributed by atoms with Gasteiger partial charge in [-0.1, -0.05) is 44.2 Å². The van der Waals surface area contributed by atoms with Crippen LogP contribution in [0.1, 0.15) is 38.2 Å². The molecule has 0 amide bonds. The Bertz CT molecular complexity index is 402. The van der Waals surface area contributed by atoms with Crippen molar-refractivity contribution in [3.8, 4) is 0 Å². The van der Waals surface area contributed by atoms with E-state index >= 15 is 0 Å². The third-order valence-electron chi connectivity index (χ3n) is 4.21. The van der Waals surface area contributed by atoms with Gasteiger partial charge in [-0.05, 0) is 55.1 Å². The van der Waals surface area contributed by atoms with Crippen LogP contribution in [0, 0.1) is 17.7 Å². The normalized spacial score (nSPS) is 17.8. The molecule has 3 heteroatoms. The largest absolute Gasteiger partial charge is 0.317 e. The van der Waals surface area contributed by atoms with Crippen molar-refractivity contribution in [3.05, 3.63) is 34.6 Å². The third-order valence-corrected chi connectivity index (χ3v) is 4.58. The molecule has 1 atom stereocenters. The molecular formula is C16H23ClFN. The van der Waals surface area contributed by atoms with Gasteiger partial charge in [-0.25, -0.2) is 4.39 Å². The first-order valence-electron chi connectivity index (χ1n) is 7.35. The van der Waals surface area contributed by atoms with E-state index in [1.54, 1.807) is 12.1 Å². The van der Waals surface area contributed by atoms with Gasteiger partial charge in [0.1, 0.15) is 5.82 Å². The molecule has 0 saturated heterocycles. The smallest absolute Gasteiger partial charge is 0.123 e. The third kappa shape index (κ3) is 4.19. The number of hydrogen-bond acceptors (Lipinski definition) is 1. The molecule has 0 radical (unpaired) electrons. The van der Waals surface area contributed by atoms with Gasteiger partial charge in [0.15, 0.2) is 0 Å². The van der Waals surface area contributed by atoms with Gasteiger partial charge in [0.05, 0.1) is 0 Å². The summed E-state index contributed by atoms with van der Waals surface area (Å²) in [6.07, 6.45) is 6.18. The average molecular weight is 284 g/mol. The molecule has 0 bridgehead atoms. The van der Waals surface area contributed by atoms with Crippen LogP contribution >= 0.6 is 11.6 Å². The summed E-state index contributed by atoms with van der Waals surface area (Å²) in [4.78, 5) is 0. The van der Waals surface area contributed by atoms with E-state index in [4.69, 9.17) is 11.6 Å². The fourth-order valence-electron chi connectivity index (χ4n) is 3.15. The van der Waals surface area contributed by atoms with Gasteiger partial charge in [-0.15, -0.1) is 0 Å². The lowest BCUT2D eigenvalue weighted by atomic mass is 9.85. The van der Waals surface area contributed by atoms with Crippen molar-refractivity contribution in [2.45, 2.75) is 39.0 Å². The Morgan fingerprint density at radius 3 is 2.79 bits per heavy atom. The minimum absolute atomic E-state index is 0.187. The zero-order valence-electron chi connectivity index (χ0n) is 11.6. The quantitative estimate of drug-likeness (QED) is 0.814. The first-order valence-corrected chi connectivity index (χ1v) is 7.73. The number of hydrogen-bond donors (Lipinski definition) is 1. The second-order valence-electron chi connectivity index (χ2n) is 5.55. The first-order chi connectivity index (χ1) is 9.20. The molecule has 106 valence electrons. The summed E-state index contributed by atoms with van der Waals surface area (Å²) in [7, 11) is 0. The van der Waals surface area contributed by atoms with Gasteiger partial charge >= 0.3 is 0 Å². The minimum atomic E-state index is -0.187. The van der Waals surface area contributed by atoms with Gasteiger partial charge < -0.3 is 5.32 Å². The zero-order valence-corrected chi connectivity index (χ0v) is 12.3. The monoisotopic (exact) mass is 283 g/mol. The van der Waals surface area contributed by atoms with Crippen LogP contribution in [0.5, 0.6) is 0 Å². The van der Waals surface area contributed by atoms with Crippen molar-refractivity contribution in [1.82, 2.24) is 5.32 Å². The number of benzene rings is 1. The Morgan fingerprint density at radius 2 is 2.11 bits per heavy atom. The fraction of sp³-hybridized carbons (Fsp3) is 0.625. The standard InChI is InChI=1S/C16H23ClFN/c1-2-19-11-14(12-5-3-4-6-12)9-13-10-15(18)7-8-16(13)17/h7-8,10,12,14,19H,2-6,9,11H2,1H3. The van der Waals surface area contributed by atoms with Crippen LogP contribution in [0.4, 0.5) is 4.39 Å². The summed E-state index contributed by atoms with van der Waals surface area (Å²) in [5.41, 5.74) is 0.955. The molecule has 19 heavy (non-hydrogen) atoms. The average Bonchev–Trinajstić information content (AvgIpc) is 2.92. The highest BCUT2D eigenvalue weighted by Gasteiger charge is 2.25. The van der Waals surface area contributed by atoms with Gasteiger partial charge in [-0.3, -0.25) is 0 Å². The summed E-state index contributed by atoms with van der Waals surface area (Å²) in [6, 6.07) is 4.70. The van der Waals surface area contributed by atoms with Crippen molar-refractivity contribution in [1.29, 1.82) is 0 Å². The maximum absolute atomic E-state index is 13.4. The van der Waals surface area contributed by atoms with Crippen molar-refractivity contribution >= 4 is 11.6 Å². The van der Waals surface area contributed by atoms with E-state index in [0.29, 0.717) is 10.9 Å². The Balaban J connectivity index is 2.07. The fourth-order valence-corrected chi connectivity index (χ4v) is 3.34. The molecule has 1 saturated carbocycles. The van der Waals surface area contributed by atoms with E-state index in [1.807, 2.05) is 0 Å². The van der Waals surface area contributed by atoms with Gasteiger partial charge in [0.25, 0.3) is 0 Å². The molecule has 1 fully saturated rings. The molecule has 1 aromatic carbocycles. The van der Waals surface area contributed by atoms with E-state index in [2.05, 4.69) is 12.2 Å². The molecule has 1 aliphatic carbocycles. The predicted molar refractivity (Wildman–Crippen MR) is 79.1 cm³/mol. The van der Waals surface area contributed by atoms with Gasteiger partial charge in [0, 0.05) is 5.02 Å². The van der Waals surface area contributed by atoms with Crippen LogP contribution < -0.4 is 5.32 Å². The van der Waals surface area contributed by atoms with Crippen molar-refractivity contribution in [3.63, 3.8) is 0 Å². The van der Waals surface area contributed by atoms with Crippen LogP contribution in [-0.2, 0) is 6.42 Å². The molecule has 0 aliphatic heterocycles. The Kier molecular flexibility index (Phi) is 5.65. The minimum Gasteiger partial charge on any atom is -0.317 e. The highest BCUT2D eigenvalue weighted by molar-refractivity contribution is 6.31. The lowest BCUT2D eigenvalue weighted by Gasteiger charge is -2.24. The first kappa shape index (κ1) is 14.8. The topological polar surface area (TPSA) is 12.0 Å². The molecule has 2 rings (SSSR count). The van der Waals surface area contributed by atoms with Crippen LogP contribution in [0.3, 0.4) is 0 Å². The van der Waals surface area contributed by atoms with E-state index in [0.717, 1.165) is 31.0 Å². The van der Waals surface area contributed by atoms with Crippen molar-refractivity contribution < 1.29 is 4.39 Å². The zero-order chi connectivity index (χ0) is 13.7. The second kappa shape index (κ2) is 7.25. The number of rotatable bonds is 6. The SMILES string of the molecule is CCNCC(Cc1cc(F)ccc1Cl)C1CCCC1. The molecule has 1 N–H and O–H groups in total. The van der Waals surface area contributed by atoms with Crippen LogP contribution in [0.25, 0.3) is 0 Å². The number of halogens is 2. The van der Waals surface area contributed by atoms with Crippen LogP contribution in [0.2, 0.25) is 5.02 Å².